The van der Waals surface area contributed by atoms with E-state index in [9.17, 15) is 0 Å². The van der Waals surface area contributed by atoms with Crippen LogP contribution in [0.3, 0.4) is 0 Å². The van der Waals surface area contributed by atoms with Crippen LogP contribution < -0.4 is 11.2 Å². The van der Waals surface area contributed by atoms with Crippen molar-refractivity contribution >= 4 is 15.9 Å². The number of dihydropyridines is 1. The van der Waals surface area contributed by atoms with Crippen LogP contribution in [0.5, 0.6) is 0 Å². The summed E-state index contributed by atoms with van der Waals surface area (Å²) in [7, 11) is 0. The van der Waals surface area contributed by atoms with E-state index in [4.69, 9.17) is 5.90 Å². The molecule has 3 nitrogen and oxygen atoms in total. The molecule has 9 heavy (non-hydrogen) atoms. The number of rotatable bonds is 1. The van der Waals surface area contributed by atoms with Gasteiger partial charge in [-0.25, -0.2) is 0 Å². The molecule has 50 valence electrons. The SMILES string of the molecule is NOC1=CNC(Br)C=C1. The first kappa shape index (κ1) is 6.64. The zero-order chi connectivity index (χ0) is 6.69. The van der Waals surface area contributed by atoms with Crippen LogP contribution in [0.2, 0.25) is 0 Å². The fourth-order valence-corrected chi connectivity index (χ4v) is 0.803. The lowest BCUT2D eigenvalue weighted by atomic mass is 10.4. The lowest BCUT2D eigenvalue weighted by molar-refractivity contribution is 0.230. The molecule has 0 aromatic carbocycles. The summed E-state index contributed by atoms with van der Waals surface area (Å²) >= 11 is 3.31. The third-order valence-electron chi connectivity index (χ3n) is 0.950. The number of nitrogens with one attached hydrogen (secondary N) is 1. The molecular weight excluding hydrogens is 184 g/mol. The molecule has 0 aromatic heterocycles. The van der Waals surface area contributed by atoms with E-state index >= 15 is 0 Å². The Morgan fingerprint density at radius 1 is 1.78 bits per heavy atom. The molecule has 0 saturated carbocycles. The molecule has 1 unspecified atom stereocenters. The highest BCUT2D eigenvalue weighted by molar-refractivity contribution is 9.09. The standard InChI is InChI=1S/C5H7BrN2O/c6-5-2-1-4(9-7)3-8-5/h1-3,5,8H,7H2. The summed E-state index contributed by atoms with van der Waals surface area (Å²) in [6.07, 6.45) is 5.37. The zero-order valence-electron chi connectivity index (χ0n) is 4.67. The maximum atomic E-state index is 4.87. The van der Waals surface area contributed by atoms with Gasteiger partial charge in [-0.3, -0.25) is 0 Å². The third kappa shape index (κ3) is 1.73. The second-order valence-electron chi connectivity index (χ2n) is 1.59. The summed E-state index contributed by atoms with van der Waals surface area (Å²) in [6, 6.07) is 0. The molecule has 0 bridgehead atoms. The lowest BCUT2D eigenvalue weighted by Crippen LogP contribution is -2.19. The molecule has 0 aliphatic carbocycles. The smallest absolute Gasteiger partial charge is 0.162 e. The molecule has 0 amide bonds. The summed E-state index contributed by atoms with van der Waals surface area (Å²) < 4.78 is 0. The quantitative estimate of drug-likeness (QED) is 0.362. The summed E-state index contributed by atoms with van der Waals surface area (Å²) in [4.78, 5) is 4.62. The monoisotopic (exact) mass is 190 g/mol. The molecule has 1 aliphatic heterocycles. The zero-order valence-corrected chi connectivity index (χ0v) is 6.26. The second-order valence-corrected chi connectivity index (χ2v) is 2.58. The Balaban J connectivity index is 2.52. The van der Waals surface area contributed by atoms with E-state index in [1.54, 1.807) is 12.3 Å². The predicted octanol–water partition coefficient (Wildman–Crippen LogP) is 0.599. The van der Waals surface area contributed by atoms with Crippen LogP contribution in [0, 0.1) is 0 Å². The maximum absolute atomic E-state index is 4.87. The van der Waals surface area contributed by atoms with Gasteiger partial charge in [-0.05, 0) is 12.2 Å². The first-order chi connectivity index (χ1) is 4.33. The first-order valence-electron chi connectivity index (χ1n) is 2.48. The topological polar surface area (TPSA) is 47.3 Å². The Kier molecular flexibility index (Phi) is 2.13. The van der Waals surface area contributed by atoms with Crippen LogP contribution in [0.4, 0.5) is 0 Å². The minimum Gasteiger partial charge on any atom is -0.410 e. The van der Waals surface area contributed by atoms with Crippen molar-refractivity contribution in [3.8, 4) is 0 Å². The Hall–Kier alpha value is -0.480. The van der Waals surface area contributed by atoms with E-state index in [1.165, 1.54) is 0 Å². The largest absolute Gasteiger partial charge is 0.410 e. The maximum Gasteiger partial charge on any atom is 0.162 e. The van der Waals surface area contributed by atoms with Crippen LogP contribution >= 0.6 is 15.9 Å². The Morgan fingerprint density at radius 3 is 3.00 bits per heavy atom. The van der Waals surface area contributed by atoms with Gasteiger partial charge in [-0.2, -0.15) is 5.90 Å². The van der Waals surface area contributed by atoms with Gasteiger partial charge in [0.2, 0.25) is 0 Å². The van der Waals surface area contributed by atoms with Crippen LogP contribution in [0.15, 0.2) is 24.1 Å². The van der Waals surface area contributed by atoms with Gasteiger partial charge in [0.1, 0.15) is 4.95 Å². The number of hydrogen-bond donors (Lipinski definition) is 2. The Bertz CT molecular complexity index is 155. The van der Waals surface area contributed by atoms with E-state index in [-0.39, 0.29) is 4.95 Å². The third-order valence-corrected chi connectivity index (χ3v) is 1.52. The number of hydrogen-bond acceptors (Lipinski definition) is 3. The molecule has 0 aromatic rings. The highest BCUT2D eigenvalue weighted by Gasteiger charge is 2.01. The molecule has 0 fully saturated rings. The van der Waals surface area contributed by atoms with E-state index in [0.717, 1.165) is 0 Å². The summed E-state index contributed by atoms with van der Waals surface area (Å²) in [5.41, 5.74) is 0. The fraction of sp³-hybridized carbons (Fsp3) is 0.200. The molecule has 0 spiro atoms. The Morgan fingerprint density at radius 2 is 2.56 bits per heavy atom. The van der Waals surface area contributed by atoms with Crippen molar-refractivity contribution in [2.75, 3.05) is 0 Å². The van der Waals surface area contributed by atoms with Gasteiger partial charge in [-0.15, -0.1) is 0 Å². The number of halogens is 1. The Labute approximate surface area is 61.6 Å². The molecular formula is C5H7BrN2O. The van der Waals surface area contributed by atoms with Crippen LogP contribution in [-0.2, 0) is 4.84 Å². The highest BCUT2D eigenvalue weighted by Crippen LogP contribution is 2.06. The van der Waals surface area contributed by atoms with Gasteiger partial charge in [0.25, 0.3) is 0 Å². The van der Waals surface area contributed by atoms with Crippen molar-refractivity contribution in [1.82, 2.24) is 5.32 Å². The van der Waals surface area contributed by atoms with Crippen LogP contribution in [-0.4, -0.2) is 4.95 Å². The van der Waals surface area contributed by atoms with Crippen molar-refractivity contribution in [2.24, 2.45) is 5.90 Å². The average molecular weight is 191 g/mol. The normalized spacial score (nSPS) is 24.7. The van der Waals surface area contributed by atoms with Gasteiger partial charge in [-0.1, -0.05) is 15.9 Å². The molecule has 0 radical (unpaired) electrons. The minimum absolute atomic E-state index is 0.191. The highest BCUT2D eigenvalue weighted by atomic mass is 79.9. The molecule has 1 aliphatic rings. The molecule has 1 atom stereocenters. The van der Waals surface area contributed by atoms with E-state index in [2.05, 4.69) is 26.1 Å². The van der Waals surface area contributed by atoms with Crippen LogP contribution in [0.25, 0.3) is 0 Å². The number of allylic oxidation sites excluding steroid dienone is 1. The van der Waals surface area contributed by atoms with Crippen molar-refractivity contribution < 1.29 is 4.84 Å². The molecule has 1 heterocycles. The first-order valence-corrected chi connectivity index (χ1v) is 3.40. The van der Waals surface area contributed by atoms with Gasteiger partial charge >= 0.3 is 0 Å². The summed E-state index contributed by atoms with van der Waals surface area (Å²) in [5, 5.41) is 2.95. The molecule has 0 saturated heterocycles. The van der Waals surface area contributed by atoms with Crippen molar-refractivity contribution in [3.05, 3.63) is 24.1 Å². The molecule has 1 rings (SSSR count). The van der Waals surface area contributed by atoms with Crippen molar-refractivity contribution in [3.63, 3.8) is 0 Å². The average Bonchev–Trinajstić information content (AvgIpc) is 1.90. The molecule has 3 N–H and O–H groups in total. The summed E-state index contributed by atoms with van der Waals surface area (Å²) in [6.45, 7) is 0. The lowest BCUT2D eigenvalue weighted by Gasteiger charge is -2.10. The van der Waals surface area contributed by atoms with Crippen LogP contribution in [0.1, 0.15) is 0 Å². The van der Waals surface area contributed by atoms with E-state index < -0.39 is 0 Å². The van der Waals surface area contributed by atoms with Crippen molar-refractivity contribution in [2.45, 2.75) is 4.95 Å². The fourth-order valence-electron chi connectivity index (χ4n) is 0.518. The number of nitrogens with two attached hydrogens (primary N) is 1. The second kappa shape index (κ2) is 2.89. The van der Waals surface area contributed by atoms with E-state index in [0.29, 0.717) is 5.76 Å². The van der Waals surface area contributed by atoms with Gasteiger partial charge in [0, 0.05) is 6.20 Å². The minimum atomic E-state index is 0.191. The summed E-state index contributed by atoms with van der Waals surface area (Å²) in [5.74, 6) is 5.50. The number of alkyl halides is 1. The van der Waals surface area contributed by atoms with E-state index in [1.807, 2.05) is 6.08 Å². The van der Waals surface area contributed by atoms with Gasteiger partial charge in [0.05, 0.1) is 0 Å². The van der Waals surface area contributed by atoms with Gasteiger partial charge < -0.3 is 10.2 Å². The van der Waals surface area contributed by atoms with Crippen molar-refractivity contribution in [1.29, 1.82) is 0 Å². The molecule has 4 heteroatoms. The predicted molar refractivity (Wildman–Crippen MR) is 38.3 cm³/mol. The van der Waals surface area contributed by atoms with Gasteiger partial charge in [0.15, 0.2) is 5.76 Å².